The van der Waals surface area contributed by atoms with Crippen molar-refractivity contribution in [3.8, 4) is 5.75 Å². The molecule has 1 saturated carbocycles. The fourth-order valence-corrected chi connectivity index (χ4v) is 3.65. The van der Waals surface area contributed by atoms with Crippen molar-refractivity contribution in [3.05, 3.63) is 53.1 Å². The predicted octanol–water partition coefficient (Wildman–Crippen LogP) is 3.28. The summed E-state index contributed by atoms with van der Waals surface area (Å²) in [6.45, 7) is 4.26. The Morgan fingerprint density at radius 3 is 2.69 bits per heavy atom. The summed E-state index contributed by atoms with van der Waals surface area (Å²) in [5.74, 6) is 0.335. The number of carbonyl (C=O) groups is 2. The maximum absolute atomic E-state index is 12.6. The van der Waals surface area contributed by atoms with Crippen LogP contribution in [-0.4, -0.2) is 63.0 Å². The number of esters is 2. The molecule has 1 saturated heterocycles. The lowest BCUT2D eigenvalue weighted by molar-refractivity contribution is -0.146. The lowest BCUT2D eigenvalue weighted by Gasteiger charge is -2.27. The van der Waals surface area contributed by atoms with Crippen LogP contribution in [0.25, 0.3) is 0 Å². The van der Waals surface area contributed by atoms with Gasteiger partial charge in [-0.1, -0.05) is 18.2 Å². The van der Waals surface area contributed by atoms with Gasteiger partial charge in [-0.25, -0.2) is 9.59 Å². The van der Waals surface area contributed by atoms with E-state index >= 15 is 0 Å². The average molecular weight is 442 g/mol. The van der Waals surface area contributed by atoms with Gasteiger partial charge in [0.05, 0.1) is 25.4 Å². The van der Waals surface area contributed by atoms with Crippen molar-refractivity contribution >= 4 is 11.9 Å². The van der Waals surface area contributed by atoms with E-state index in [-0.39, 0.29) is 6.61 Å². The number of ether oxygens (including phenoxy) is 4. The Morgan fingerprint density at radius 2 is 1.94 bits per heavy atom. The van der Waals surface area contributed by atoms with Gasteiger partial charge >= 0.3 is 11.9 Å². The number of morpholine rings is 1. The van der Waals surface area contributed by atoms with Gasteiger partial charge in [0.25, 0.3) is 0 Å². The zero-order valence-corrected chi connectivity index (χ0v) is 18.4. The molecule has 0 N–H and O–H groups in total. The number of carbonyl (C=O) groups excluding carboxylic acids is 2. The van der Waals surface area contributed by atoms with Gasteiger partial charge in [-0.2, -0.15) is 0 Å². The van der Waals surface area contributed by atoms with Crippen LogP contribution in [0.5, 0.6) is 5.75 Å². The third-order valence-electron chi connectivity index (χ3n) is 5.76. The van der Waals surface area contributed by atoms with Crippen LogP contribution in [0.2, 0.25) is 0 Å². The highest BCUT2D eigenvalue weighted by Gasteiger charge is 2.23. The Bertz CT molecular complexity index is 867. The normalized spacial score (nSPS) is 18.7. The quantitative estimate of drug-likeness (QED) is 0.516. The highest BCUT2D eigenvalue weighted by Crippen LogP contribution is 2.31. The lowest BCUT2D eigenvalue weighted by atomic mass is 10.1. The van der Waals surface area contributed by atoms with Crippen molar-refractivity contribution in [1.82, 2.24) is 4.90 Å². The van der Waals surface area contributed by atoms with E-state index in [0.717, 1.165) is 42.8 Å². The number of benzene rings is 1. The molecular weight excluding hydrogens is 410 g/mol. The van der Waals surface area contributed by atoms with E-state index in [9.17, 15) is 9.59 Å². The molecule has 0 aromatic heterocycles. The molecule has 0 radical (unpaired) electrons. The second-order valence-corrected chi connectivity index (χ2v) is 8.46. The first-order chi connectivity index (χ1) is 15.7. The molecule has 0 unspecified atom stereocenters. The van der Waals surface area contributed by atoms with E-state index in [1.807, 2.05) is 24.3 Å². The van der Waals surface area contributed by atoms with E-state index in [2.05, 4.69) is 11.0 Å². The molecule has 7 nitrogen and oxygen atoms in total. The minimum absolute atomic E-state index is 0.198. The standard InChI is InChI=1S/C25H31NO6/c27-24(31-17-19-4-2-1-3-5-19)18-32-25(28)21-8-9-23(30-16-20-6-7-20)22(14-21)15-26-10-12-29-13-11-26/h2,4-5,8-9,14,20H,1,3,6-7,10-13,15-18H2. The zero-order chi connectivity index (χ0) is 22.2. The Morgan fingerprint density at radius 1 is 1.09 bits per heavy atom. The summed E-state index contributed by atoms with van der Waals surface area (Å²) in [5, 5.41) is 0. The van der Waals surface area contributed by atoms with Gasteiger partial charge in [-0.3, -0.25) is 4.90 Å². The Labute approximate surface area is 189 Å². The second-order valence-electron chi connectivity index (χ2n) is 8.46. The summed E-state index contributed by atoms with van der Waals surface area (Å²) in [6.07, 6.45) is 10.4. The number of nitrogens with zero attached hydrogens (tertiary/aromatic N) is 1. The first-order valence-electron chi connectivity index (χ1n) is 11.4. The van der Waals surface area contributed by atoms with Crippen LogP contribution in [0.3, 0.4) is 0 Å². The molecule has 2 aliphatic carbocycles. The molecule has 32 heavy (non-hydrogen) atoms. The van der Waals surface area contributed by atoms with Gasteiger partial charge in [0.1, 0.15) is 12.4 Å². The Hall–Kier alpha value is -2.64. The fraction of sp³-hybridized carbons (Fsp3) is 0.520. The van der Waals surface area contributed by atoms with Crippen molar-refractivity contribution in [1.29, 1.82) is 0 Å². The van der Waals surface area contributed by atoms with Crippen molar-refractivity contribution in [2.45, 2.75) is 32.2 Å². The lowest BCUT2D eigenvalue weighted by Crippen LogP contribution is -2.35. The smallest absolute Gasteiger partial charge is 0.344 e. The van der Waals surface area contributed by atoms with E-state index in [1.165, 1.54) is 12.8 Å². The molecule has 1 aromatic rings. The third kappa shape index (κ3) is 6.93. The first-order valence-corrected chi connectivity index (χ1v) is 11.4. The molecule has 1 aromatic carbocycles. The van der Waals surface area contributed by atoms with E-state index < -0.39 is 18.5 Å². The predicted molar refractivity (Wildman–Crippen MR) is 118 cm³/mol. The Balaban J connectivity index is 1.32. The van der Waals surface area contributed by atoms with Gasteiger partial charge in [-0.15, -0.1) is 0 Å². The molecule has 2 fully saturated rings. The molecule has 3 aliphatic rings. The van der Waals surface area contributed by atoms with Crippen LogP contribution in [0, 0.1) is 5.92 Å². The number of hydrogen-bond acceptors (Lipinski definition) is 7. The molecule has 172 valence electrons. The SMILES string of the molecule is O=C(COC(=O)c1ccc(OCC2CC2)c(CN2CCOCC2)c1)OCC1=CCCC=C1. The highest BCUT2D eigenvalue weighted by atomic mass is 16.6. The molecule has 0 spiro atoms. The molecule has 0 bridgehead atoms. The number of hydrogen-bond donors (Lipinski definition) is 0. The van der Waals surface area contributed by atoms with Crippen LogP contribution in [0.15, 0.2) is 42.0 Å². The van der Waals surface area contributed by atoms with E-state index in [1.54, 1.807) is 6.07 Å². The van der Waals surface area contributed by atoms with Crippen LogP contribution in [0.1, 0.15) is 41.6 Å². The monoisotopic (exact) mass is 441 g/mol. The van der Waals surface area contributed by atoms with Crippen LogP contribution in [0.4, 0.5) is 0 Å². The molecule has 0 amide bonds. The van der Waals surface area contributed by atoms with Gasteiger partial charge in [0.15, 0.2) is 6.61 Å². The summed E-state index contributed by atoms with van der Waals surface area (Å²) in [6, 6.07) is 5.33. The molecule has 7 heteroatoms. The van der Waals surface area contributed by atoms with Crippen molar-refractivity contribution in [2.75, 3.05) is 46.1 Å². The third-order valence-corrected chi connectivity index (χ3v) is 5.76. The van der Waals surface area contributed by atoms with Crippen LogP contribution >= 0.6 is 0 Å². The van der Waals surface area contributed by atoms with Gasteiger partial charge < -0.3 is 18.9 Å². The van der Waals surface area contributed by atoms with Crippen molar-refractivity contribution < 1.29 is 28.5 Å². The summed E-state index contributed by atoms with van der Waals surface area (Å²) < 4.78 is 21.9. The molecular formula is C25H31NO6. The number of rotatable bonds is 10. The molecule has 4 rings (SSSR count). The van der Waals surface area contributed by atoms with Crippen molar-refractivity contribution in [2.24, 2.45) is 5.92 Å². The molecule has 1 heterocycles. The summed E-state index contributed by atoms with van der Waals surface area (Å²) in [7, 11) is 0. The molecule has 1 aliphatic heterocycles. The van der Waals surface area contributed by atoms with E-state index in [4.69, 9.17) is 18.9 Å². The maximum Gasteiger partial charge on any atom is 0.344 e. The van der Waals surface area contributed by atoms with Crippen LogP contribution < -0.4 is 4.74 Å². The molecule has 0 atom stereocenters. The van der Waals surface area contributed by atoms with Gasteiger partial charge in [0, 0.05) is 25.2 Å². The van der Waals surface area contributed by atoms with Crippen molar-refractivity contribution in [3.63, 3.8) is 0 Å². The van der Waals surface area contributed by atoms with Gasteiger partial charge in [-0.05, 0) is 55.4 Å². The summed E-state index contributed by atoms with van der Waals surface area (Å²) in [4.78, 5) is 26.8. The summed E-state index contributed by atoms with van der Waals surface area (Å²) >= 11 is 0. The Kier molecular flexibility index (Phi) is 7.96. The van der Waals surface area contributed by atoms with Crippen LogP contribution in [-0.2, 0) is 25.5 Å². The summed E-state index contributed by atoms with van der Waals surface area (Å²) in [5.41, 5.74) is 2.31. The fourth-order valence-electron chi connectivity index (χ4n) is 3.65. The second kappa shape index (κ2) is 11.3. The van der Waals surface area contributed by atoms with E-state index in [0.29, 0.717) is 37.8 Å². The maximum atomic E-state index is 12.6. The minimum Gasteiger partial charge on any atom is -0.493 e. The largest absolute Gasteiger partial charge is 0.493 e. The zero-order valence-electron chi connectivity index (χ0n) is 18.4. The first kappa shape index (κ1) is 22.6. The number of allylic oxidation sites excluding steroid dienone is 2. The van der Waals surface area contributed by atoms with Gasteiger partial charge in [0.2, 0.25) is 0 Å². The average Bonchev–Trinajstić information content (AvgIpc) is 3.66. The topological polar surface area (TPSA) is 74.3 Å². The highest BCUT2D eigenvalue weighted by molar-refractivity contribution is 5.91. The minimum atomic E-state index is -0.559.